The lowest BCUT2D eigenvalue weighted by Gasteiger charge is -2.18. The fourth-order valence-electron chi connectivity index (χ4n) is 3.85. The number of amides is 2. The van der Waals surface area contributed by atoms with Gasteiger partial charge < -0.3 is 4.74 Å². The number of carbonyl (C=O) groups excluding carboxylic acids is 2. The van der Waals surface area contributed by atoms with E-state index in [-0.39, 0.29) is 11.6 Å². The van der Waals surface area contributed by atoms with Crippen LogP contribution in [0.4, 0.5) is 30.6 Å². The summed E-state index contributed by atoms with van der Waals surface area (Å²) in [6.07, 6.45) is 0.441. The summed E-state index contributed by atoms with van der Waals surface area (Å²) in [6, 6.07) is 16.6. The molecule has 0 radical (unpaired) electrons. The van der Waals surface area contributed by atoms with Crippen molar-refractivity contribution in [2.45, 2.75) is 18.3 Å². The van der Waals surface area contributed by atoms with E-state index in [0.29, 0.717) is 35.5 Å². The van der Waals surface area contributed by atoms with Crippen LogP contribution in [0.2, 0.25) is 0 Å². The topological polar surface area (TPSA) is 58.6 Å². The summed E-state index contributed by atoms with van der Waals surface area (Å²) in [6.45, 7) is 0. The normalized spacial score (nSPS) is 15.8. The minimum absolute atomic E-state index is 0.0605. The number of fused-ring (bicyclic) bond motifs is 2. The van der Waals surface area contributed by atoms with E-state index in [9.17, 15) is 18.4 Å². The molecule has 0 unspecified atom stereocenters. The van der Waals surface area contributed by atoms with Crippen LogP contribution in [-0.2, 0) is 10.2 Å². The molecule has 5 rings (SSSR count). The van der Waals surface area contributed by atoms with Gasteiger partial charge in [-0.2, -0.15) is 0 Å². The lowest BCUT2D eigenvalue weighted by Crippen LogP contribution is -2.27. The highest BCUT2D eigenvalue weighted by Crippen LogP contribution is 2.59. The van der Waals surface area contributed by atoms with Crippen molar-refractivity contribution in [3.05, 3.63) is 83.9 Å². The lowest BCUT2D eigenvalue weighted by atomic mass is 9.97. The molecule has 0 atom stereocenters. The first-order valence-electron chi connectivity index (χ1n) is 9.46. The Morgan fingerprint density at radius 3 is 2.37 bits per heavy atom. The van der Waals surface area contributed by atoms with Gasteiger partial charge in [0, 0.05) is 11.8 Å². The van der Waals surface area contributed by atoms with Crippen molar-refractivity contribution in [2.75, 3.05) is 10.2 Å². The summed E-state index contributed by atoms with van der Waals surface area (Å²) >= 11 is 0. The van der Waals surface area contributed by atoms with Crippen LogP contribution < -0.4 is 15.0 Å². The predicted octanol–water partition coefficient (Wildman–Crippen LogP) is 5.29. The Bertz CT molecular complexity index is 1160. The molecule has 1 N–H and O–H groups in total. The molecule has 1 aliphatic heterocycles. The number of hydrogen-bond acceptors (Lipinski definition) is 3. The number of nitrogens with zero attached hydrogens (tertiary/aromatic N) is 1. The Hall–Kier alpha value is -3.74. The van der Waals surface area contributed by atoms with Gasteiger partial charge in [0.1, 0.15) is 17.4 Å². The third-order valence-corrected chi connectivity index (χ3v) is 5.48. The van der Waals surface area contributed by atoms with Crippen molar-refractivity contribution in [1.82, 2.24) is 0 Å². The van der Waals surface area contributed by atoms with Gasteiger partial charge in [0.15, 0.2) is 0 Å². The van der Waals surface area contributed by atoms with Crippen LogP contribution in [-0.4, -0.2) is 12.0 Å². The fourth-order valence-corrected chi connectivity index (χ4v) is 3.85. The number of anilines is 3. The first-order valence-corrected chi connectivity index (χ1v) is 9.46. The molecule has 7 heteroatoms. The van der Waals surface area contributed by atoms with Gasteiger partial charge in [0.25, 0.3) is 0 Å². The Morgan fingerprint density at radius 2 is 1.70 bits per heavy atom. The second-order valence-corrected chi connectivity index (χ2v) is 7.38. The van der Waals surface area contributed by atoms with Crippen molar-refractivity contribution in [3.8, 4) is 5.75 Å². The van der Waals surface area contributed by atoms with Gasteiger partial charge in [0.05, 0.1) is 16.8 Å². The molecule has 1 fully saturated rings. The average Bonchev–Trinajstić information content (AvgIpc) is 3.50. The van der Waals surface area contributed by atoms with Crippen molar-refractivity contribution in [3.63, 3.8) is 0 Å². The van der Waals surface area contributed by atoms with E-state index < -0.39 is 23.1 Å². The maximum Gasteiger partial charge on any atom is 0.417 e. The molecule has 150 valence electrons. The first-order chi connectivity index (χ1) is 14.5. The maximum absolute atomic E-state index is 14.8. The van der Waals surface area contributed by atoms with Gasteiger partial charge in [0.2, 0.25) is 5.91 Å². The lowest BCUT2D eigenvalue weighted by molar-refractivity contribution is -0.119. The van der Waals surface area contributed by atoms with E-state index >= 15 is 0 Å². The van der Waals surface area contributed by atoms with Crippen LogP contribution in [0.25, 0.3) is 0 Å². The van der Waals surface area contributed by atoms with Crippen molar-refractivity contribution >= 4 is 29.1 Å². The molecular formula is C23H16F2N2O3. The molecule has 3 aromatic rings. The number of rotatable bonds is 3. The number of benzene rings is 3. The Kier molecular flexibility index (Phi) is 4.06. The monoisotopic (exact) mass is 406 g/mol. The van der Waals surface area contributed by atoms with Crippen LogP contribution >= 0.6 is 0 Å². The van der Waals surface area contributed by atoms with Crippen LogP contribution in [0.5, 0.6) is 5.75 Å². The number of nitrogens with one attached hydrogen (secondary N) is 1. The second-order valence-electron chi connectivity index (χ2n) is 7.38. The SMILES string of the molecule is O=C(Nc1cc2c(cc1F)N(c1ccc(F)cc1)C(=O)C21CC1)Oc1ccccc1. The zero-order valence-corrected chi connectivity index (χ0v) is 15.7. The fraction of sp³-hybridized carbons (Fsp3) is 0.130. The van der Waals surface area contributed by atoms with E-state index in [0.717, 1.165) is 0 Å². The summed E-state index contributed by atoms with van der Waals surface area (Å²) in [7, 11) is 0. The quantitative estimate of drug-likeness (QED) is 0.643. The van der Waals surface area contributed by atoms with E-state index in [1.54, 1.807) is 30.3 Å². The largest absolute Gasteiger partial charge is 0.417 e. The molecule has 0 aromatic heterocycles. The van der Waals surface area contributed by atoms with Crippen molar-refractivity contribution in [1.29, 1.82) is 0 Å². The summed E-state index contributed by atoms with van der Waals surface area (Å²) in [5.41, 5.74) is 0.735. The summed E-state index contributed by atoms with van der Waals surface area (Å²) in [5, 5.41) is 2.42. The summed E-state index contributed by atoms with van der Waals surface area (Å²) in [5.74, 6) is -0.966. The number of carbonyl (C=O) groups is 2. The highest BCUT2D eigenvalue weighted by molar-refractivity contribution is 6.15. The highest BCUT2D eigenvalue weighted by Gasteiger charge is 2.59. The predicted molar refractivity (Wildman–Crippen MR) is 107 cm³/mol. The van der Waals surface area contributed by atoms with Crippen molar-refractivity contribution in [2.24, 2.45) is 0 Å². The standard InChI is InChI=1S/C23H16F2N2O3/c24-14-6-8-15(9-7-14)27-20-13-18(25)19(12-17(20)23(10-11-23)21(27)28)26-22(29)30-16-4-2-1-3-5-16/h1-9,12-13H,10-11H2,(H,26,29). The third kappa shape index (κ3) is 2.90. The molecule has 1 spiro atoms. The molecule has 2 aliphatic rings. The van der Waals surface area contributed by atoms with E-state index in [1.807, 2.05) is 0 Å². The minimum atomic E-state index is -0.829. The Morgan fingerprint density at radius 1 is 1.00 bits per heavy atom. The van der Waals surface area contributed by atoms with Crippen LogP contribution in [0.15, 0.2) is 66.7 Å². The van der Waals surface area contributed by atoms with Crippen LogP contribution in [0.1, 0.15) is 18.4 Å². The zero-order chi connectivity index (χ0) is 20.9. The third-order valence-electron chi connectivity index (χ3n) is 5.48. The van der Waals surface area contributed by atoms with Gasteiger partial charge in [-0.05, 0) is 60.9 Å². The van der Waals surface area contributed by atoms with Crippen molar-refractivity contribution < 1.29 is 23.1 Å². The molecule has 1 heterocycles. The van der Waals surface area contributed by atoms with E-state index in [2.05, 4.69) is 5.32 Å². The smallest absolute Gasteiger partial charge is 0.410 e. The summed E-state index contributed by atoms with van der Waals surface area (Å²) in [4.78, 5) is 26.7. The Labute approximate surface area is 170 Å². The van der Waals surface area contributed by atoms with E-state index in [4.69, 9.17) is 4.74 Å². The van der Waals surface area contributed by atoms with Gasteiger partial charge in [-0.25, -0.2) is 13.6 Å². The zero-order valence-electron chi connectivity index (χ0n) is 15.7. The summed E-state index contributed by atoms with van der Waals surface area (Å²) < 4.78 is 33.3. The second kappa shape index (κ2) is 6.66. The van der Waals surface area contributed by atoms with Gasteiger partial charge in [-0.3, -0.25) is 15.0 Å². The molecule has 30 heavy (non-hydrogen) atoms. The molecule has 5 nitrogen and oxygen atoms in total. The minimum Gasteiger partial charge on any atom is -0.410 e. The van der Waals surface area contributed by atoms with Gasteiger partial charge in [-0.15, -0.1) is 0 Å². The first kappa shape index (κ1) is 18.3. The van der Waals surface area contributed by atoms with Crippen LogP contribution in [0, 0.1) is 11.6 Å². The molecule has 1 aliphatic carbocycles. The molecular weight excluding hydrogens is 390 g/mol. The Balaban J connectivity index is 1.48. The number of para-hydroxylation sites is 1. The molecule has 1 saturated carbocycles. The maximum atomic E-state index is 14.8. The molecule has 3 aromatic carbocycles. The molecule has 2 amide bonds. The average molecular weight is 406 g/mol. The molecule has 0 bridgehead atoms. The number of ether oxygens (including phenoxy) is 1. The number of hydrogen-bond donors (Lipinski definition) is 1. The van der Waals surface area contributed by atoms with Gasteiger partial charge >= 0.3 is 6.09 Å². The van der Waals surface area contributed by atoms with Gasteiger partial charge in [-0.1, -0.05) is 18.2 Å². The van der Waals surface area contributed by atoms with E-state index in [1.165, 1.54) is 41.3 Å². The van der Waals surface area contributed by atoms with Crippen LogP contribution in [0.3, 0.4) is 0 Å². The highest BCUT2D eigenvalue weighted by atomic mass is 19.1. The molecule has 0 saturated heterocycles. The number of halogens is 2.